The third-order valence-corrected chi connectivity index (χ3v) is 7.70. The third-order valence-electron chi connectivity index (χ3n) is 7.70. The molecule has 2 rings (SSSR count). The number of methoxy groups -OCH3 is 1. The molecule has 208 valence electrons. The summed E-state index contributed by atoms with van der Waals surface area (Å²) in [4.78, 5) is 23.9. The Morgan fingerprint density at radius 3 is 2.39 bits per heavy atom. The maximum atomic E-state index is 12.5. The molecule has 0 bridgehead atoms. The van der Waals surface area contributed by atoms with E-state index in [0.717, 1.165) is 38.5 Å². The first-order valence-electron chi connectivity index (χ1n) is 13.5. The van der Waals surface area contributed by atoms with E-state index in [1.807, 2.05) is 6.92 Å². The van der Waals surface area contributed by atoms with Crippen LogP contribution in [0.4, 0.5) is 4.79 Å². The van der Waals surface area contributed by atoms with Crippen molar-refractivity contribution in [3.8, 4) is 0 Å². The minimum absolute atomic E-state index is 0.00394. The van der Waals surface area contributed by atoms with Gasteiger partial charge in [0.25, 0.3) is 0 Å². The maximum Gasteiger partial charge on any atom is 0.407 e. The van der Waals surface area contributed by atoms with Gasteiger partial charge in [-0.1, -0.05) is 31.4 Å². The predicted molar refractivity (Wildman–Crippen MR) is 140 cm³/mol. The number of alkyl carbamates (subject to hydrolysis) is 1. The summed E-state index contributed by atoms with van der Waals surface area (Å²) < 4.78 is 17.6. The van der Waals surface area contributed by atoms with Gasteiger partial charge in [-0.3, -0.25) is 4.79 Å². The zero-order chi connectivity index (χ0) is 26.8. The number of hydrogen-bond acceptors (Lipinski definition) is 7. The minimum atomic E-state index is -1.05. The quantitative estimate of drug-likeness (QED) is 0.152. The summed E-state index contributed by atoms with van der Waals surface area (Å²) in [5.74, 6) is -0.305. The zero-order valence-corrected chi connectivity index (χ0v) is 23.2. The summed E-state index contributed by atoms with van der Waals surface area (Å²) in [7, 11) is 3.36. The van der Waals surface area contributed by atoms with Gasteiger partial charge in [-0.05, 0) is 65.8 Å². The Bertz CT molecular complexity index is 733. The number of allylic oxidation sites excluding steroid dienone is 2. The van der Waals surface area contributed by atoms with E-state index in [0.29, 0.717) is 32.7 Å². The largest absolute Gasteiger partial charge is 0.443 e. The van der Waals surface area contributed by atoms with Crippen LogP contribution < -0.4 is 16.0 Å². The normalized spacial score (nSPS) is 27.6. The van der Waals surface area contributed by atoms with Crippen LogP contribution in [0.2, 0.25) is 0 Å². The summed E-state index contributed by atoms with van der Waals surface area (Å²) in [6, 6.07) is 0. The summed E-state index contributed by atoms with van der Waals surface area (Å²) >= 11 is 0. The van der Waals surface area contributed by atoms with E-state index in [2.05, 4.69) is 42.8 Å². The Kier molecular flexibility index (Phi) is 12.1. The van der Waals surface area contributed by atoms with Crippen molar-refractivity contribution >= 4 is 12.0 Å². The molecule has 36 heavy (non-hydrogen) atoms. The predicted octanol–water partition coefficient (Wildman–Crippen LogP) is 2.91. The van der Waals surface area contributed by atoms with Gasteiger partial charge in [0.1, 0.15) is 12.2 Å². The molecule has 6 atom stereocenters. The van der Waals surface area contributed by atoms with Gasteiger partial charge in [0.15, 0.2) is 0 Å². The molecule has 4 N–H and O–H groups in total. The molecule has 2 amide bonds. The molecule has 0 radical (unpaired) electrons. The average molecular weight is 512 g/mol. The van der Waals surface area contributed by atoms with E-state index in [1.54, 1.807) is 14.2 Å². The molecule has 1 aliphatic carbocycles. The molecule has 9 nitrogen and oxygen atoms in total. The van der Waals surface area contributed by atoms with Crippen molar-refractivity contribution in [2.45, 2.75) is 96.1 Å². The lowest BCUT2D eigenvalue weighted by molar-refractivity contribution is -0.178. The molecule has 2 aliphatic rings. The van der Waals surface area contributed by atoms with Gasteiger partial charge >= 0.3 is 6.09 Å². The van der Waals surface area contributed by atoms with E-state index in [-0.39, 0.29) is 17.7 Å². The van der Waals surface area contributed by atoms with Gasteiger partial charge < -0.3 is 35.3 Å². The van der Waals surface area contributed by atoms with Crippen LogP contribution in [0.3, 0.4) is 0 Å². The number of rotatable bonds is 15. The van der Waals surface area contributed by atoms with Crippen LogP contribution in [-0.4, -0.2) is 80.9 Å². The van der Waals surface area contributed by atoms with Crippen molar-refractivity contribution in [3.05, 3.63) is 11.6 Å². The van der Waals surface area contributed by atoms with Crippen molar-refractivity contribution in [1.82, 2.24) is 16.0 Å². The lowest BCUT2D eigenvalue weighted by Crippen LogP contribution is -2.61. The number of aliphatic hydroxyl groups is 1. The van der Waals surface area contributed by atoms with Crippen molar-refractivity contribution in [3.63, 3.8) is 0 Å². The Labute approximate surface area is 217 Å². The molecular formula is C27H49N3O6. The van der Waals surface area contributed by atoms with Gasteiger partial charge in [-0.2, -0.15) is 0 Å². The van der Waals surface area contributed by atoms with Crippen LogP contribution in [-0.2, 0) is 19.0 Å². The van der Waals surface area contributed by atoms with Crippen molar-refractivity contribution in [1.29, 1.82) is 0 Å². The fraction of sp³-hybridized carbons (Fsp3) is 0.852. The number of unbranched alkanes of at least 4 members (excludes halogenated alkanes) is 3. The summed E-state index contributed by atoms with van der Waals surface area (Å²) in [5, 5.41) is 20.2. The molecule has 0 aromatic heterocycles. The molecule has 1 heterocycles. The van der Waals surface area contributed by atoms with E-state index in [1.165, 1.54) is 5.57 Å². The number of amides is 2. The third kappa shape index (κ3) is 8.71. The molecule has 0 aromatic carbocycles. The van der Waals surface area contributed by atoms with Gasteiger partial charge in [0.2, 0.25) is 5.91 Å². The smallest absolute Gasteiger partial charge is 0.407 e. The standard InChI is InChI=1S/C27H49N3O6/c1-19(2)11-12-20(3)26(4,33)24-23(34-6)21(13-14-27(24)18-35-27)36-25(32)30-16-10-8-7-9-15-29-22(31)17-28-5/h11,20-21,23-24,28,33H,7-10,12-18H2,1-6H3,(H,29,31)(H,30,32)/t20-,21?,23?,24?,26?,27+/m1/s1. The fourth-order valence-corrected chi connectivity index (χ4v) is 5.30. The van der Waals surface area contributed by atoms with Crippen LogP contribution in [0.25, 0.3) is 0 Å². The molecule has 1 spiro atoms. The summed E-state index contributed by atoms with van der Waals surface area (Å²) in [6.07, 6.45) is 6.61. The topological polar surface area (TPSA) is 121 Å². The average Bonchev–Trinajstić information content (AvgIpc) is 3.59. The van der Waals surface area contributed by atoms with Crippen LogP contribution in [0, 0.1) is 11.8 Å². The SMILES string of the molecule is CNCC(=O)NCCCCCCNC(=O)OC1CC[C@]2(CO2)C(C(C)(O)[C@H](C)CC=C(C)C)C1OC. The summed E-state index contributed by atoms with van der Waals surface area (Å²) in [6.45, 7) is 10.2. The van der Waals surface area contributed by atoms with E-state index >= 15 is 0 Å². The molecule has 4 unspecified atom stereocenters. The monoisotopic (exact) mass is 511 g/mol. The number of carbonyl (C=O) groups is 2. The molecule has 0 aromatic rings. The lowest BCUT2D eigenvalue weighted by atomic mass is 9.63. The maximum absolute atomic E-state index is 12.5. The number of ether oxygens (including phenoxy) is 3. The van der Waals surface area contributed by atoms with E-state index < -0.39 is 29.5 Å². The molecule has 1 saturated carbocycles. The van der Waals surface area contributed by atoms with E-state index in [4.69, 9.17) is 14.2 Å². The van der Waals surface area contributed by atoms with Crippen molar-refractivity contribution in [2.75, 3.05) is 40.4 Å². The molecule has 9 heteroatoms. The number of carbonyl (C=O) groups excluding carboxylic acids is 2. The van der Waals surface area contributed by atoms with Crippen LogP contribution in [0.5, 0.6) is 0 Å². The first-order valence-corrected chi connectivity index (χ1v) is 13.5. The zero-order valence-electron chi connectivity index (χ0n) is 23.2. The fourth-order valence-electron chi connectivity index (χ4n) is 5.30. The van der Waals surface area contributed by atoms with Gasteiger partial charge in [-0.15, -0.1) is 0 Å². The first-order chi connectivity index (χ1) is 17.1. The Morgan fingerprint density at radius 2 is 1.83 bits per heavy atom. The van der Waals surface area contributed by atoms with Crippen LogP contribution in [0.1, 0.15) is 72.6 Å². The highest BCUT2D eigenvalue weighted by Gasteiger charge is 2.65. The second-order valence-electron chi connectivity index (χ2n) is 10.9. The highest BCUT2D eigenvalue weighted by molar-refractivity contribution is 5.77. The Morgan fingerprint density at radius 1 is 1.19 bits per heavy atom. The van der Waals surface area contributed by atoms with E-state index in [9.17, 15) is 14.7 Å². The van der Waals surface area contributed by atoms with Gasteiger partial charge in [0.05, 0.1) is 24.4 Å². The highest BCUT2D eigenvalue weighted by atomic mass is 16.6. The second kappa shape index (κ2) is 14.3. The lowest BCUT2D eigenvalue weighted by Gasteiger charge is -2.49. The molecule has 2 fully saturated rings. The second-order valence-corrected chi connectivity index (χ2v) is 10.9. The number of hydrogen-bond donors (Lipinski definition) is 4. The number of epoxide rings is 1. The molecular weight excluding hydrogens is 462 g/mol. The molecule has 1 aliphatic heterocycles. The number of nitrogens with one attached hydrogen (secondary N) is 3. The van der Waals surface area contributed by atoms with Crippen molar-refractivity contribution in [2.24, 2.45) is 11.8 Å². The summed E-state index contributed by atoms with van der Waals surface area (Å²) in [5.41, 5.74) is -0.239. The Hall–Kier alpha value is -1.68. The van der Waals surface area contributed by atoms with Crippen molar-refractivity contribution < 1.29 is 28.9 Å². The number of likely N-dealkylation sites (N-methyl/N-ethyl adjacent to an activating group) is 1. The van der Waals surface area contributed by atoms with Gasteiger partial charge in [-0.25, -0.2) is 4.79 Å². The Balaban J connectivity index is 1.81. The van der Waals surface area contributed by atoms with Crippen LogP contribution >= 0.6 is 0 Å². The minimum Gasteiger partial charge on any atom is -0.443 e. The van der Waals surface area contributed by atoms with Gasteiger partial charge in [0, 0.05) is 26.1 Å². The van der Waals surface area contributed by atoms with Crippen LogP contribution in [0.15, 0.2) is 11.6 Å². The highest BCUT2D eigenvalue weighted by Crippen LogP contribution is 2.53. The first kappa shape index (κ1) is 30.5. The molecule has 1 saturated heterocycles.